The van der Waals surface area contributed by atoms with Crippen molar-refractivity contribution in [2.24, 2.45) is 0 Å². The van der Waals surface area contributed by atoms with E-state index >= 15 is 0 Å². The standard InChI is InChI=1S/C35H42O4/c1-24(2)13-10-11-15-27(6)21-29-33(38-20-19-26(5)16-12-14-25(3)4)23-31(37)34-30(36)22-32(39-35(29)34)28-17-8-7-9-18-28/h7-9,13-15,17-19,22-23,37H,10-12,16,20-21H2,1-6H3/b26-19+,27-15+. The predicted molar refractivity (Wildman–Crippen MR) is 164 cm³/mol. The monoisotopic (exact) mass is 526 g/mol. The highest BCUT2D eigenvalue weighted by atomic mass is 16.5. The van der Waals surface area contributed by atoms with E-state index in [9.17, 15) is 9.90 Å². The van der Waals surface area contributed by atoms with Crippen LogP contribution in [-0.4, -0.2) is 11.7 Å². The topological polar surface area (TPSA) is 59.7 Å². The fourth-order valence-corrected chi connectivity index (χ4v) is 4.40. The number of aromatic hydroxyl groups is 1. The maximum absolute atomic E-state index is 13.2. The van der Waals surface area contributed by atoms with Crippen LogP contribution in [0.15, 0.2) is 98.3 Å². The molecule has 206 valence electrons. The van der Waals surface area contributed by atoms with E-state index in [0.717, 1.165) is 42.4 Å². The number of allylic oxidation sites excluding steroid dienone is 7. The second-order valence-electron chi connectivity index (χ2n) is 10.7. The number of hydrogen-bond donors (Lipinski definition) is 1. The van der Waals surface area contributed by atoms with Crippen molar-refractivity contribution in [1.29, 1.82) is 0 Å². The van der Waals surface area contributed by atoms with Gasteiger partial charge in [0.1, 0.15) is 34.8 Å². The molecular formula is C35H42O4. The van der Waals surface area contributed by atoms with Crippen LogP contribution in [0.3, 0.4) is 0 Å². The molecule has 0 aliphatic heterocycles. The molecule has 0 bridgehead atoms. The Bertz CT molecular complexity index is 1440. The summed E-state index contributed by atoms with van der Waals surface area (Å²) >= 11 is 0. The number of phenolic OH excluding ortho intramolecular Hbond substituents is 1. The van der Waals surface area contributed by atoms with Crippen LogP contribution in [0.25, 0.3) is 22.3 Å². The largest absolute Gasteiger partial charge is 0.507 e. The van der Waals surface area contributed by atoms with Gasteiger partial charge in [-0.25, -0.2) is 0 Å². The van der Waals surface area contributed by atoms with Crippen molar-refractivity contribution < 1.29 is 14.3 Å². The van der Waals surface area contributed by atoms with Gasteiger partial charge in [-0.15, -0.1) is 0 Å². The summed E-state index contributed by atoms with van der Waals surface area (Å²) in [5.74, 6) is 0.858. The second kappa shape index (κ2) is 14.4. The zero-order valence-electron chi connectivity index (χ0n) is 24.3. The molecule has 0 amide bonds. The second-order valence-corrected chi connectivity index (χ2v) is 10.7. The summed E-state index contributed by atoms with van der Waals surface area (Å²) in [5, 5.41) is 11.1. The molecule has 0 radical (unpaired) electrons. The number of rotatable bonds is 12. The van der Waals surface area contributed by atoms with Crippen molar-refractivity contribution in [2.45, 2.75) is 73.6 Å². The van der Waals surface area contributed by atoms with Gasteiger partial charge in [0.2, 0.25) is 0 Å². The van der Waals surface area contributed by atoms with Gasteiger partial charge in [-0.2, -0.15) is 0 Å². The normalized spacial score (nSPS) is 11.9. The summed E-state index contributed by atoms with van der Waals surface area (Å²) < 4.78 is 12.6. The van der Waals surface area contributed by atoms with Gasteiger partial charge in [-0.3, -0.25) is 4.79 Å². The average molecular weight is 527 g/mol. The van der Waals surface area contributed by atoms with E-state index < -0.39 is 0 Å². The maximum atomic E-state index is 13.2. The molecule has 0 atom stereocenters. The smallest absolute Gasteiger partial charge is 0.197 e. The molecule has 4 nitrogen and oxygen atoms in total. The number of benzene rings is 2. The van der Waals surface area contributed by atoms with Gasteiger partial charge in [0.05, 0.1) is 0 Å². The van der Waals surface area contributed by atoms with Crippen LogP contribution in [0, 0.1) is 0 Å². The maximum Gasteiger partial charge on any atom is 0.197 e. The highest BCUT2D eigenvalue weighted by molar-refractivity contribution is 5.89. The molecule has 0 saturated carbocycles. The van der Waals surface area contributed by atoms with Gasteiger partial charge in [0.25, 0.3) is 0 Å². The Labute approximate surface area is 233 Å². The van der Waals surface area contributed by atoms with Gasteiger partial charge in [0.15, 0.2) is 5.43 Å². The molecule has 3 aromatic rings. The molecule has 0 spiro atoms. The molecular weight excluding hydrogens is 484 g/mol. The number of fused-ring (bicyclic) bond motifs is 1. The predicted octanol–water partition coefficient (Wildman–Crippen LogP) is 9.47. The third-order valence-corrected chi connectivity index (χ3v) is 6.53. The van der Waals surface area contributed by atoms with Gasteiger partial charge in [-0.1, -0.05) is 70.9 Å². The van der Waals surface area contributed by atoms with Crippen molar-refractivity contribution in [3.8, 4) is 22.8 Å². The molecule has 0 aliphatic carbocycles. The summed E-state index contributed by atoms with van der Waals surface area (Å²) in [5.41, 5.74) is 6.68. The van der Waals surface area contributed by atoms with E-state index in [0.29, 0.717) is 30.1 Å². The quantitative estimate of drug-likeness (QED) is 0.189. The van der Waals surface area contributed by atoms with E-state index in [2.05, 4.69) is 65.8 Å². The van der Waals surface area contributed by atoms with Gasteiger partial charge in [-0.05, 0) is 73.3 Å². The van der Waals surface area contributed by atoms with Crippen molar-refractivity contribution in [3.63, 3.8) is 0 Å². The Morgan fingerprint density at radius 2 is 1.51 bits per heavy atom. The fourth-order valence-electron chi connectivity index (χ4n) is 4.40. The number of ether oxygens (including phenoxy) is 1. The van der Waals surface area contributed by atoms with Crippen molar-refractivity contribution in [1.82, 2.24) is 0 Å². The highest BCUT2D eigenvalue weighted by Gasteiger charge is 2.20. The van der Waals surface area contributed by atoms with E-state index in [4.69, 9.17) is 9.15 Å². The summed E-state index contributed by atoms with van der Waals surface area (Å²) in [6.07, 6.45) is 13.2. The van der Waals surface area contributed by atoms with Crippen molar-refractivity contribution >= 4 is 11.0 Å². The van der Waals surface area contributed by atoms with Crippen LogP contribution in [0.2, 0.25) is 0 Å². The minimum absolute atomic E-state index is 0.133. The van der Waals surface area contributed by atoms with Crippen molar-refractivity contribution in [3.05, 3.63) is 105 Å². The Morgan fingerprint density at radius 3 is 2.21 bits per heavy atom. The summed E-state index contributed by atoms with van der Waals surface area (Å²) in [6.45, 7) is 13.0. The highest BCUT2D eigenvalue weighted by Crippen LogP contribution is 2.37. The SMILES string of the molecule is CC(C)=CCC/C=C(\C)Cc1c(OC/C=C(\C)CCC=C(C)C)cc(O)c2c(=O)cc(-c3ccccc3)oc12. The van der Waals surface area contributed by atoms with E-state index in [-0.39, 0.29) is 16.6 Å². The van der Waals surface area contributed by atoms with Gasteiger partial charge in [0, 0.05) is 29.7 Å². The number of unbranched alkanes of at least 4 members (excludes halogenated alkanes) is 1. The number of phenols is 1. The van der Waals surface area contributed by atoms with E-state index in [1.54, 1.807) is 6.07 Å². The van der Waals surface area contributed by atoms with Crippen LogP contribution in [0.4, 0.5) is 0 Å². The summed E-state index contributed by atoms with van der Waals surface area (Å²) in [4.78, 5) is 13.2. The lowest BCUT2D eigenvalue weighted by Gasteiger charge is -2.15. The van der Waals surface area contributed by atoms with E-state index in [1.807, 2.05) is 30.3 Å². The average Bonchev–Trinajstić information content (AvgIpc) is 2.88. The summed E-state index contributed by atoms with van der Waals surface area (Å²) in [7, 11) is 0. The van der Waals surface area contributed by atoms with Crippen molar-refractivity contribution in [2.75, 3.05) is 6.61 Å². The molecule has 0 aliphatic rings. The molecule has 1 N–H and O–H groups in total. The molecule has 0 saturated heterocycles. The molecule has 0 unspecified atom stereocenters. The first-order valence-corrected chi connectivity index (χ1v) is 13.7. The Hall–Kier alpha value is -3.79. The minimum atomic E-state index is -0.277. The number of hydrogen-bond acceptors (Lipinski definition) is 4. The Balaban J connectivity index is 2.02. The van der Waals surface area contributed by atoms with Crippen LogP contribution in [-0.2, 0) is 6.42 Å². The molecule has 0 fully saturated rings. The van der Waals surface area contributed by atoms with E-state index in [1.165, 1.54) is 22.8 Å². The minimum Gasteiger partial charge on any atom is -0.507 e. The van der Waals surface area contributed by atoms with Crippen LogP contribution in [0.5, 0.6) is 11.5 Å². The summed E-state index contributed by atoms with van der Waals surface area (Å²) in [6, 6.07) is 12.5. The van der Waals surface area contributed by atoms with Crippen LogP contribution < -0.4 is 10.2 Å². The Morgan fingerprint density at radius 1 is 0.846 bits per heavy atom. The first-order chi connectivity index (χ1) is 18.7. The third kappa shape index (κ3) is 8.88. The fraction of sp³-hybridized carbons (Fsp3) is 0.343. The molecule has 1 heterocycles. The molecule has 4 heteroatoms. The zero-order valence-corrected chi connectivity index (χ0v) is 24.3. The molecule has 39 heavy (non-hydrogen) atoms. The molecule has 1 aromatic heterocycles. The molecule has 2 aromatic carbocycles. The first kappa shape index (κ1) is 29.8. The van der Waals surface area contributed by atoms with Crippen LogP contribution in [0.1, 0.15) is 72.8 Å². The first-order valence-electron chi connectivity index (χ1n) is 13.7. The Kier molecular flexibility index (Phi) is 11.0. The molecule has 3 rings (SSSR count). The van der Waals surface area contributed by atoms with Gasteiger partial charge < -0.3 is 14.3 Å². The zero-order chi connectivity index (χ0) is 28.4. The lowest BCUT2D eigenvalue weighted by Crippen LogP contribution is -2.06. The lowest BCUT2D eigenvalue weighted by molar-refractivity contribution is 0.355. The van der Waals surface area contributed by atoms with Gasteiger partial charge >= 0.3 is 0 Å². The van der Waals surface area contributed by atoms with Crippen LogP contribution >= 0.6 is 0 Å². The third-order valence-electron chi connectivity index (χ3n) is 6.53. The lowest BCUT2D eigenvalue weighted by atomic mass is 9.99.